The molecule has 2 aliphatic heterocycles. The SMILES string of the molecule is CC(C)(C)OC(=O)N1CCN2CC(COc3cccc(CO)c3)CCC2C1. The Labute approximate surface area is 162 Å². The van der Waals surface area contributed by atoms with E-state index in [2.05, 4.69) is 4.90 Å². The third kappa shape index (κ3) is 5.59. The van der Waals surface area contributed by atoms with E-state index >= 15 is 0 Å². The molecule has 0 saturated carbocycles. The smallest absolute Gasteiger partial charge is 0.410 e. The Bertz CT molecular complexity index is 643. The lowest BCUT2D eigenvalue weighted by molar-refractivity contribution is -0.0122. The summed E-state index contributed by atoms with van der Waals surface area (Å²) in [6.07, 6.45) is 1.98. The van der Waals surface area contributed by atoms with Gasteiger partial charge in [-0.05, 0) is 51.3 Å². The number of piperidine rings is 1. The molecule has 0 aromatic heterocycles. The minimum atomic E-state index is -0.448. The van der Waals surface area contributed by atoms with Crippen LogP contribution in [0.1, 0.15) is 39.2 Å². The highest BCUT2D eigenvalue weighted by Gasteiger charge is 2.35. The zero-order valence-electron chi connectivity index (χ0n) is 16.7. The number of hydrogen-bond acceptors (Lipinski definition) is 5. The first-order valence-corrected chi connectivity index (χ1v) is 9.88. The van der Waals surface area contributed by atoms with Gasteiger partial charge in [-0.3, -0.25) is 4.90 Å². The zero-order chi connectivity index (χ0) is 19.4. The number of piperazine rings is 1. The number of aliphatic hydroxyl groups is 1. The van der Waals surface area contributed by atoms with Crippen molar-refractivity contribution < 1.29 is 19.4 Å². The minimum absolute atomic E-state index is 0.0320. The molecule has 1 aromatic rings. The van der Waals surface area contributed by atoms with Crippen LogP contribution in [-0.2, 0) is 11.3 Å². The number of carbonyl (C=O) groups excluding carboxylic acids is 1. The fourth-order valence-electron chi connectivity index (χ4n) is 3.83. The molecule has 0 radical (unpaired) electrons. The van der Waals surface area contributed by atoms with Crippen LogP contribution in [-0.4, -0.2) is 65.4 Å². The Balaban J connectivity index is 1.47. The fourth-order valence-corrected chi connectivity index (χ4v) is 3.83. The molecule has 0 bridgehead atoms. The highest BCUT2D eigenvalue weighted by Crippen LogP contribution is 2.27. The van der Waals surface area contributed by atoms with Gasteiger partial charge in [-0.2, -0.15) is 0 Å². The van der Waals surface area contributed by atoms with Gasteiger partial charge in [-0.1, -0.05) is 12.1 Å². The number of fused-ring (bicyclic) bond motifs is 1. The van der Waals surface area contributed by atoms with Crippen molar-refractivity contribution in [1.82, 2.24) is 9.80 Å². The number of aliphatic hydroxyl groups excluding tert-OH is 1. The Kier molecular flexibility index (Phi) is 6.27. The fraction of sp³-hybridized carbons (Fsp3) is 0.667. The molecular formula is C21H32N2O4. The molecule has 2 saturated heterocycles. The summed E-state index contributed by atoms with van der Waals surface area (Å²) in [5.41, 5.74) is 0.422. The summed E-state index contributed by atoms with van der Waals surface area (Å²) in [5.74, 6) is 1.31. The third-order valence-corrected chi connectivity index (χ3v) is 5.22. The van der Waals surface area contributed by atoms with Gasteiger partial charge in [-0.15, -0.1) is 0 Å². The summed E-state index contributed by atoms with van der Waals surface area (Å²) in [5, 5.41) is 9.23. The van der Waals surface area contributed by atoms with Crippen LogP contribution < -0.4 is 4.74 Å². The van der Waals surface area contributed by atoms with Crippen LogP contribution in [0.2, 0.25) is 0 Å². The molecule has 1 amide bonds. The predicted octanol–water partition coefficient (Wildman–Crippen LogP) is 2.89. The number of carbonyl (C=O) groups is 1. The van der Waals surface area contributed by atoms with Crippen LogP contribution in [0.3, 0.4) is 0 Å². The molecule has 6 heteroatoms. The first-order chi connectivity index (χ1) is 12.8. The van der Waals surface area contributed by atoms with Crippen molar-refractivity contribution in [2.45, 2.75) is 51.9 Å². The van der Waals surface area contributed by atoms with Gasteiger partial charge in [0.25, 0.3) is 0 Å². The van der Waals surface area contributed by atoms with Crippen molar-refractivity contribution in [3.8, 4) is 5.75 Å². The monoisotopic (exact) mass is 376 g/mol. The van der Waals surface area contributed by atoms with Gasteiger partial charge in [0.05, 0.1) is 13.2 Å². The van der Waals surface area contributed by atoms with E-state index in [1.807, 2.05) is 49.9 Å². The lowest BCUT2D eigenvalue weighted by Gasteiger charge is -2.46. The third-order valence-electron chi connectivity index (χ3n) is 5.22. The maximum Gasteiger partial charge on any atom is 0.410 e. The Morgan fingerprint density at radius 3 is 2.78 bits per heavy atom. The van der Waals surface area contributed by atoms with Crippen LogP contribution in [0.25, 0.3) is 0 Å². The molecule has 150 valence electrons. The van der Waals surface area contributed by atoms with Crippen molar-refractivity contribution in [2.75, 3.05) is 32.8 Å². The highest BCUT2D eigenvalue weighted by atomic mass is 16.6. The number of benzene rings is 1. The van der Waals surface area contributed by atoms with E-state index in [1.54, 1.807) is 0 Å². The molecule has 2 fully saturated rings. The van der Waals surface area contributed by atoms with Crippen LogP contribution in [0, 0.1) is 5.92 Å². The van der Waals surface area contributed by atoms with Crippen molar-refractivity contribution in [3.63, 3.8) is 0 Å². The number of ether oxygens (including phenoxy) is 2. The molecule has 3 rings (SSSR count). The summed E-state index contributed by atoms with van der Waals surface area (Å²) in [6.45, 7) is 9.80. The van der Waals surface area contributed by atoms with Crippen molar-refractivity contribution in [1.29, 1.82) is 0 Å². The van der Waals surface area contributed by atoms with Crippen LogP contribution >= 0.6 is 0 Å². The lowest BCUT2D eigenvalue weighted by atomic mass is 9.91. The maximum absolute atomic E-state index is 12.3. The molecule has 2 heterocycles. The second-order valence-electron chi connectivity index (χ2n) is 8.64. The van der Waals surface area contributed by atoms with Gasteiger partial charge in [0.2, 0.25) is 0 Å². The van der Waals surface area contributed by atoms with E-state index in [4.69, 9.17) is 9.47 Å². The summed E-state index contributed by atoms with van der Waals surface area (Å²) < 4.78 is 11.5. The van der Waals surface area contributed by atoms with Crippen LogP contribution in [0.4, 0.5) is 4.79 Å². The predicted molar refractivity (Wildman–Crippen MR) is 104 cm³/mol. The van der Waals surface area contributed by atoms with Crippen molar-refractivity contribution in [3.05, 3.63) is 29.8 Å². The van der Waals surface area contributed by atoms with Crippen molar-refractivity contribution >= 4 is 6.09 Å². The molecule has 2 aliphatic rings. The quantitative estimate of drug-likeness (QED) is 0.875. The van der Waals surface area contributed by atoms with E-state index in [0.717, 1.165) is 50.3 Å². The molecule has 0 spiro atoms. The van der Waals surface area contributed by atoms with E-state index in [9.17, 15) is 9.90 Å². The Morgan fingerprint density at radius 2 is 2.04 bits per heavy atom. The minimum Gasteiger partial charge on any atom is -0.493 e. The van der Waals surface area contributed by atoms with Gasteiger partial charge in [0.15, 0.2) is 0 Å². The first kappa shape index (κ1) is 20.0. The van der Waals surface area contributed by atoms with E-state index < -0.39 is 5.60 Å². The van der Waals surface area contributed by atoms with Gasteiger partial charge >= 0.3 is 6.09 Å². The Morgan fingerprint density at radius 1 is 1.22 bits per heavy atom. The lowest BCUT2D eigenvalue weighted by Crippen LogP contribution is -2.58. The average molecular weight is 376 g/mol. The second-order valence-corrected chi connectivity index (χ2v) is 8.64. The summed E-state index contributed by atoms with van der Waals surface area (Å²) >= 11 is 0. The molecule has 6 nitrogen and oxygen atoms in total. The van der Waals surface area contributed by atoms with Crippen LogP contribution in [0.5, 0.6) is 5.75 Å². The van der Waals surface area contributed by atoms with Gasteiger partial charge < -0.3 is 19.5 Å². The first-order valence-electron chi connectivity index (χ1n) is 9.88. The number of nitrogens with zero attached hydrogens (tertiary/aromatic N) is 2. The van der Waals surface area contributed by atoms with E-state index in [-0.39, 0.29) is 12.7 Å². The molecular weight excluding hydrogens is 344 g/mol. The molecule has 0 aliphatic carbocycles. The van der Waals surface area contributed by atoms with E-state index in [0.29, 0.717) is 18.6 Å². The zero-order valence-corrected chi connectivity index (χ0v) is 16.7. The molecule has 1 aromatic carbocycles. The number of hydrogen-bond donors (Lipinski definition) is 1. The average Bonchev–Trinajstić information content (AvgIpc) is 2.64. The number of rotatable bonds is 4. The molecule has 27 heavy (non-hydrogen) atoms. The van der Waals surface area contributed by atoms with E-state index in [1.165, 1.54) is 0 Å². The van der Waals surface area contributed by atoms with Gasteiger partial charge in [-0.25, -0.2) is 4.79 Å². The standard InChI is InChI=1S/C21H32N2O4/c1-21(2,3)27-20(25)23-10-9-22-12-17(7-8-18(22)13-23)15-26-19-6-4-5-16(11-19)14-24/h4-6,11,17-18,24H,7-10,12-15H2,1-3H3. The normalized spacial score (nSPS) is 23.6. The molecule has 2 atom stereocenters. The highest BCUT2D eigenvalue weighted by molar-refractivity contribution is 5.68. The van der Waals surface area contributed by atoms with Crippen molar-refractivity contribution in [2.24, 2.45) is 5.92 Å². The topological polar surface area (TPSA) is 62.2 Å². The second kappa shape index (κ2) is 8.48. The molecule has 2 unspecified atom stereocenters. The summed E-state index contributed by atoms with van der Waals surface area (Å²) in [6, 6.07) is 8.05. The van der Waals surface area contributed by atoms with Gasteiger partial charge in [0, 0.05) is 38.1 Å². The largest absolute Gasteiger partial charge is 0.493 e. The molecule has 1 N–H and O–H groups in total. The maximum atomic E-state index is 12.3. The van der Waals surface area contributed by atoms with Crippen LogP contribution in [0.15, 0.2) is 24.3 Å². The van der Waals surface area contributed by atoms with Gasteiger partial charge in [0.1, 0.15) is 11.4 Å². The summed E-state index contributed by atoms with van der Waals surface area (Å²) in [7, 11) is 0. The Hall–Kier alpha value is -1.79. The summed E-state index contributed by atoms with van der Waals surface area (Å²) in [4.78, 5) is 16.7. The number of amides is 1.